The fraction of sp³-hybridized carbons (Fsp3) is 0.231. The average molecular weight is 245 g/mol. The predicted octanol–water partition coefficient (Wildman–Crippen LogP) is 2.18. The Morgan fingerprint density at radius 1 is 1.39 bits per heavy atom. The van der Waals surface area contributed by atoms with Crippen molar-refractivity contribution >= 4 is 6.09 Å². The molecule has 1 aromatic heterocycles. The maximum atomic E-state index is 11.7. The van der Waals surface area contributed by atoms with E-state index in [1.165, 1.54) is 4.90 Å². The molecule has 2 rings (SSSR count). The maximum absolute atomic E-state index is 11.7. The third-order valence-corrected chi connectivity index (χ3v) is 2.46. The second-order valence-corrected chi connectivity index (χ2v) is 3.93. The zero-order chi connectivity index (χ0) is 12.8. The lowest BCUT2D eigenvalue weighted by atomic mass is 10.2. The van der Waals surface area contributed by atoms with Crippen LogP contribution in [-0.4, -0.2) is 28.0 Å². The zero-order valence-electron chi connectivity index (χ0n) is 10.2. The number of hydrogen-bond acceptors (Lipinski definition) is 3. The summed E-state index contributed by atoms with van der Waals surface area (Å²) in [5, 5.41) is 0. The van der Waals surface area contributed by atoms with E-state index in [4.69, 9.17) is 4.74 Å². The van der Waals surface area contributed by atoms with Crippen molar-refractivity contribution in [3.05, 3.63) is 54.1 Å². The number of rotatable bonds is 4. The Labute approximate surface area is 105 Å². The number of carbonyl (C=O) groups excluding carboxylic acids is 1. The molecule has 0 aliphatic heterocycles. The van der Waals surface area contributed by atoms with Gasteiger partial charge in [0.05, 0.1) is 6.54 Å². The molecule has 1 N–H and O–H groups in total. The summed E-state index contributed by atoms with van der Waals surface area (Å²) in [4.78, 5) is 20.2. The van der Waals surface area contributed by atoms with Crippen molar-refractivity contribution in [1.82, 2.24) is 14.9 Å². The van der Waals surface area contributed by atoms with Gasteiger partial charge in [-0.25, -0.2) is 9.78 Å². The van der Waals surface area contributed by atoms with Gasteiger partial charge in [-0.15, -0.1) is 0 Å². The van der Waals surface area contributed by atoms with Crippen molar-refractivity contribution in [3.8, 4) is 0 Å². The number of benzene rings is 1. The van der Waals surface area contributed by atoms with Crippen LogP contribution in [0.4, 0.5) is 4.79 Å². The van der Waals surface area contributed by atoms with Crippen LogP contribution in [-0.2, 0) is 17.9 Å². The van der Waals surface area contributed by atoms with Gasteiger partial charge >= 0.3 is 6.09 Å². The quantitative estimate of drug-likeness (QED) is 0.898. The lowest BCUT2D eigenvalue weighted by Crippen LogP contribution is -2.27. The largest absolute Gasteiger partial charge is 0.445 e. The van der Waals surface area contributed by atoms with E-state index >= 15 is 0 Å². The molecule has 0 saturated heterocycles. The zero-order valence-corrected chi connectivity index (χ0v) is 10.2. The van der Waals surface area contributed by atoms with Crippen molar-refractivity contribution in [1.29, 1.82) is 0 Å². The minimum Gasteiger partial charge on any atom is -0.445 e. The second-order valence-electron chi connectivity index (χ2n) is 3.93. The number of ether oxygens (including phenoxy) is 1. The predicted molar refractivity (Wildman–Crippen MR) is 66.7 cm³/mol. The van der Waals surface area contributed by atoms with Crippen LogP contribution in [0.5, 0.6) is 0 Å². The number of aromatic nitrogens is 2. The Morgan fingerprint density at radius 3 is 2.83 bits per heavy atom. The highest BCUT2D eigenvalue weighted by Gasteiger charge is 2.11. The van der Waals surface area contributed by atoms with E-state index in [0.29, 0.717) is 6.54 Å². The molecule has 1 heterocycles. The molecular weight excluding hydrogens is 230 g/mol. The highest BCUT2D eigenvalue weighted by atomic mass is 16.6. The Balaban J connectivity index is 1.81. The van der Waals surface area contributed by atoms with E-state index < -0.39 is 0 Å². The minimum atomic E-state index is -0.366. The smallest absolute Gasteiger partial charge is 0.410 e. The first kappa shape index (κ1) is 12.2. The van der Waals surface area contributed by atoms with E-state index in [9.17, 15) is 4.79 Å². The third kappa shape index (κ3) is 3.35. The SMILES string of the molecule is CN(Cc1ncc[nH]1)C(=O)OCc1ccccc1. The van der Waals surface area contributed by atoms with Gasteiger partial charge in [0.25, 0.3) is 0 Å². The standard InChI is InChI=1S/C13H15N3O2/c1-16(9-12-14-7-8-15-12)13(17)18-10-11-5-3-2-4-6-11/h2-8H,9-10H2,1H3,(H,14,15). The molecule has 0 fully saturated rings. The normalized spacial score (nSPS) is 10.1. The molecule has 0 unspecified atom stereocenters. The van der Waals surface area contributed by atoms with Crippen LogP contribution < -0.4 is 0 Å². The van der Waals surface area contributed by atoms with E-state index in [2.05, 4.69) is 9.97 Å². The van der Waals surface area contributed by atoms with Crippen molar-refractivity contribution in [2.24, 2.45) is 0 Å². The van der Waals surface area contributed by atoms with E-state index in [1.807, 2.05) is 30.3 Å². The van der Waals surface area contributed by atoms with Crippen molar-refractivity contribution in [2.45, 2.75) is 13.2 Å². The van der Waals surface area contributed by atoms with Crippen LogP contribution >= 0.6 is 0 Å². The van der Waals surface area contributed by atoms with Crippen LogP contribution in [0.25, 0.3) is 0 Å². The van der Waals surface area contributed by atoms with Gasteiger partial charge in [0.2, 0.25) is 0 Å². The molecule has 1 amide bonds. The van der Waals surface area contributed by atoms with Gasteiger partial charge in [-0.2, -0.15) is 0 Å². The summed E-state index contributed by atoms with van der Waals surface area (Å²) in [5.41, 5.74) is 0.970. The number of carbonyl (C=O) groups is 1. The first-order valence-electron chi connectivity index (χ1n) is 5.66. The highest BCUT2D eigenvalue weighted by Crippen LogP contribution is 2.04. The summed E-state index contributed by atoms with van der Waals surface area (Å²) < 4.78 is 5.18. The number of hydrogen-bond donors (Lipinski definition) is 1. The molecule has 5 nitrogen and oxygen atoms in total. The molecule has 1 aromatic carbocycles. The minimum absolute atomic E-state index is 0.280. The topological polar surface area (TPSA) is 58.2 Å². The average Bonchev–Trinajstić information content (AvgIpc) is 2.90. The summed E-state index contributed by atoms with van der Waals surface area (Å²) in [6.45, 7) is 0.683. The summed E-state index contributed by atoms with van der Waals surface area (Å²) >= 11 is 0. The van der Waals surface area contributed by atoms with Crippen LogP contribution in [0.3, 0.4) is 0 Å². The maximum Gasteiger partial charge on any atom is 0.410 e. The molecule has 0 aliphatic carbocycles. The fourth-order valence-corrected chi connectivity index (χ4v) is 1.50. The Bertz CT molecular complexity index is 482. The van der Waals surface area contributed by atoms with Crippen LogP contribution in [0.2, 0.25) is 0 Å². The highest BCUT2D eigenvalue weighted by molar-refractivity contribution is 5.67. The van der Waals surface area contributed by atoms with E-state index in [1.54, 1.807) is 19.4 Å². The Kier molecular flexibility index (Phi) is 3.96. The van der Waals surface area contributed by atoms with Gasteiger partial charge in [0.15, 0.2) is 0 Å². The van der Waals surface area contributed by atoms with E-state index in [0.717, 1.165) is 11.4 Å². The number of nitrogens with zero attached hydrogens (tertiary/aromatic N) is 2. The van der Waals surface area contributed by atoms with Gasteiger partial charge in [-0.3, -0.25) is 0 Å². The molecular formula is C13H15N3O2. The summed E-state index contributed by atoms with van der Waals surface area (Å²) in [6.07, 6.45) is 3.01. The van der Waals surface area contributed by atoms with Gasteiger partial charge in [-0.05, 0) is 5.56 Å². The number of nitrogens with one attached hydrogen (secondary N) is 1. The molecule has 0 spiro atoms. The number of H-pyrrole nitrogens is 1. The summed E-state index contributed by atoms with van der Waals surface area (Å²) in [5.74, 6) is 0.731. The molecule has 94 valence electrons. The fourth-order valence-electron chi connectivity index (χ4n) is 1.50. The van der Waals surface area contributed by atoms with Crippen molar-refractivity contribution in [3.63, 3.8) is 0 Å². The van der Waals surface area contributed by atoms with Gasteiger partial charge < -0.3 is 14.6 Å². The molecule has 0 bridgehead atoms. The van der Waals surface area contributed by atoms with Crippen LogP contribution in [0.15, 0.2) is 42.7 Å². The summed E-state index contributed by atoms with van der Waals surface area (Å²) in [7, 11) is 1.68. The molecule has 5 heteroatoms. The first-order valence-corrected chi connectivity index (χ1v) is 5.66. The van der Waals surface area contributed by atoms with E-state index in [-0.39, 0.29) is 12.7 Å². The number of amides is 1. The Morgan fingerprint density at radius 2 is 2.17 bits per heavy atom. The molecule has 0 aliphatic rings. The number of aromatic amines is 1. The number of imidazole rings is 1. The van der Waals surface area contributed by atoms with Crippen LogP contribution in [0, 0.1) is 0 Å². The lowest BCUT2D eigenvalue weighted by molar-refractivity contribution is 0.102. The van der Waals surface area contributed by atoms with Crippen LogP contribution in [0.1, 0.15) is 11.4 Å². The molecule has 0 saturated carbocycles. The van der Waals surface area contributed by atoms with Gasteiger partial charge in [0.1, 0.15) is 12.4 Å². The first-order chi connectivity index (χ1) is 8.75. The third-order valence-electron chi connectivity index (χ3n) is 2.46. The molecule has 18 heavy (non-hydrogen) atoms. The van der Waals surface area contributed by atoms with Crippen molar-refractivity contribution < 1.29 is 9.53 Å². The second kappa shape index (κ2) is 5.86. The van der Waals surface area contributed by atoms with Gasteiger partial charge in [-0.1, -0.05) is 30.3 Å². The summed E-state index contributed by atoms with van der Waals surface area (Å²) in [6, 6.07) is 9.58. The van der Waals surface area contributed by atoms with Crippen molar-refractivity contribution in [2.75, 3.05) is 7.05 Å². The van der Waals surface area contributed by atoms with Gasteiger partial charge in [0, 0.05) is 19.4 Å². The monoisotopic (exact) mass is 245 g/mol. The Hall–Kier alpha value is -2.30. The lowest BCUT2D eigenvalue weighted by Gasteiger charge is -2.15. The molecule has 0 radical (unpaired) electrons. The molecule has 0 atom stereocenters. The molecule has 2 aromatic rings.